The Bertz CT molecular complexity index is 938. The second-order valence-corrected chi connectivity index (χ2v) is 8.23. The summed E-state index contributed by atoms with van der Waals surface area (Å²) < 4.78 is 0. The largest absolute Gasteiger partial charge is 0.325 e. The van der Waals surface area contributed by atoms with Crippen LogP contribution in [0.25, 0.3) is 21.8 Å². The molecule has 1 amide bonds. The summed E-state index contributed by atoms with van der Waals surface area (Å²) in [6.07, 6.45) is 18.3. The number of anilines is 1. The number of nitrogens with zero attached hydrogens (tertiary/aromatic N) is 2. The van der Waals surface area contributed by atoms with E-state index >= 15 is 0 Å². The van der Waals surface area contributed by atoms with E-state index in [0.29, 0.717) is 6.42 Å². The Kier molecular flexibility index (Phi) is 9.07. The number of aromatic nitrogens is 2. The molecule has 0 radical (unpaired) electrons. The second kappa shape index (κ2) is 12.3. The van der Waals surface area contributed by atoms with E-state index in [1.54, 1.807) is 12.4 Å². The number of rotatable bonds is 13. The van der Waals surface area contributed by atoms with Gasteiger partial charge in [-0.1, -0.05) is 77.2 Å². The van der Waals surface area contributed by atoms with Gasteiger partial charge in [-0.2, -0.15) is 0 Å². The molecule has 0 saturated heterocycles. The number of hydrogen-bond acceptors (Lipinski definition) is 3. The van der Waals surface area contributed by atoms with Crippen molar-refractivity contribution < 1.29 is 4.79 Å². The first-order valence-electron chi connectivity index (χ1n) is 11.7. The molecular formula is C26H35N3O. The number of carbonyl (C=O) groups is 1. The van der Waals surface area contributed by atoms with E-state index in [1.807, 2.05) is 30.3 Å². The molecule has 0 saturated carbocycles. The summed E-state index contributed by atoms with van der Waals surface area (Å²) in [4.78, 5) is 21.5. The number of fused-ring (bicyclic) bond motifs is 3. The Labute approximate surface area is 180 Å². The first-order chi connectivity index (χ1) is 14.8. The molecule has 2 aromatic heterocycles. The third-order valence-electron chi connectivity index (χ3n) is 5.74. The van der Waals surface area contributed by atoms with Crippen molar-refractivity contribution in [1.82, 2.24) is 9.97 Å². The molecule has 30 heavy (non-hydrogen) atoms. The summed E-state index contributed by atoms with van der Waals surface area (Å²) in [5.74, 6) is 0.0827. The molecule has 0 fully saturated rings. The van der Waals surface area contributed by atoms with Crippen LogP contribution in [-0.4, -0.2) is 15.9 Å². The van der Waals surface area contributed by atoms with Crippen LogP contribution in [-0.2, 0) is 4.79 Å². The molecule has 0 aliphatic rings. The molecule has 0 bridgehead atoms. The van der Waals surface area contributed by atoms with Gasteiger partial charge in [0.2, 0.25) is 5.91 Å². The van der Waals surface area contributed by atoms with E-state index in [9.17, 15) is 4.79 Å². The van der Waals surface area contributed by atoms with Crippen LogP contribution in [0.4, 0.5) is 5.69 Å². The van der Waals surface area contributed by atoms with Crippen molar-refractivity contribution in [2.24, 2.45) is 0 Å². The lowest BCUT2D eigenvalue weighted by molar-refractivity contribution is -0.116. The number of pyridine rings is 2. The summed E-state index contributed by atoms with van der Waals surface area (Å²) in [6.45, 7) is 2.26. The van der Waals surface area contributed by atoms with E-state index in [-0.39, 0.29) is 5.91 Å². The molecule has 0 aliphatic carbocycles. The van der Waals surface area contributed by atoms with Crippen LogP contribution in [0.15, 0.2) is 42.7 Å². The molecule has 4 nitrogen and oxygen atoms in total. The van der Waals surface area contributed by atoms with E-state index in [0.717, 1.165) is 40.3 Å². The zero-order valence-corrected chi connectivity index (χ0v) is 18.3. The van der Waals surface area contributed by atoms with E-state index < -0.39 is 0 Å². The average molecular weight is 406 g/mol. The zero-order chi connectivity index (χ0) is 21.0. The van der Waals surface area contributed by atoms with E-state index in [4.69, 9.17) is 0 Å². The minimum absolute atomic E-state index is 0.0827. The molecule has 0 unspecified atom stereocenters. The maximum Gasteiger partial charge on any atom is 0.224 e. The van der Waals surface area contributed by atoms with Gasteiger partial charge in [-0.05, 0) is 30.7 Å². The number of amides is 1. The van der Waals surface area contributed by atoms with Crippen LogP contribution in [0, 0.1) is 0 Å². The molecule has 0 aliphatic heterocycles. The van der Waals surface area contributed by atoms with Crippen molar-refractivity contribution in [3.63, 3.8) is 0 Å². The van der Waals surface area contributed by atoms with Gasteiger partial charge >= 0.3 is 0 Å². The Hall–Kier alpha value is -2.49. The average Bonchev–Trinajstić information content (AvgIpc) is 2.77. The lowest BCUT2D eigenvalue weighted by atomic mass is 10.0. The van der Waals surface area contributed by atoms with Crippen molar-refractivity contribution in [3.8, 4) is 0 Å². The van der Waals surface area contributed by atoms with Gasteiger partial charge in [0.05, 0.1) is 16.7 Å². The standard InChI is InChI=1S/C26H35N3O/c1-2-3-4-5-6-7-8-9-10-11-12-17-24(30)29-23-20-21-15-13-18-27-25(21)26-22(23)16-14-19-28-26/h13-16,18-20H,2-12,17H2,1H3,(H,29,30). The van der Waals surface area contributed by atoms with Gasteiger partial charge in [0, 0.05) is 29.6 Å². The highest BCUT2D eigenvalue weighted by Gasteiger charge is 2.10. The van der Waals surface area contributed by atoms with Crippen LogP contribution in [0.3, 0.4) is 0 Å². The molecule has 4 heteroatoms. The summed E-state index contributed by atoms with van der Waals surface area (Å²) in [7, 11) is 0. The Balaban J connectivity index is 1.41. The molecule has 0 spiro atoms. The third kappa shape index (κ3) is 6.51. The number of unbranched alkanes of at least 4 members (excludes halogenated alkanes) is 10. The van der Waals surface area contributed by atoms with Gasteiger partial charge < -0.3 is 5.32 Å². The highest BCUT2D eigenvalue weighted by atomic mass is 16.1. The predicted molar refractivity (Wildman–Crippen MR) is 127 cm³/mol. The first kappa shape index (κ1) is 22.2. The third-order valence-corrected chi connectivity index (χ3v) is 5.74. The number of nitrogens with one attached hydrogen (secondary N) is 1. The number of carbonyl (C=O) groups excluding carboxylic acids is 1. The molecule has 3 rings (SSSR count). The van der Waals surface area contributed by atoms with Gasteiger partial charge in [0.1, 0.15) is 0 Å². The van der Waals surface area contributed by atoms with Crippen LogP contribution >= 0.6 is 0 Å². The Morgan fingerprint density at radius 2 is 1.40 bits per heavy atom. The fraction of sp³-hybridized carbons (Fsp3) is 0.500. The maximum atomic E-state index is 12.5. The fourth-order valence-electron chi connectivity index (χ4n) is 4.04. The predicted octanol–water partition coefficient (Wildman–Crippen LogP) is 7.42. The molecule has 0 atom stereocenters. The van der Waals surface area contributed by atoms with Crippen molar-refractivity contribution in [2.75, 3.05) is 5.32 Å². The van der Waals surface area contributed by atoms with Crippen molar-refractivity contribution in [2.45, 2.75) is 84.0 Å². The van der Waals surface area contributed by atoms with Crippen molar-refractivity contribution in [3.05, 3.63) is 42.7 Å². The molecule has 3 aromatic rings. The van der Waals surface area contributed by atoms with Crippen LogP contribution in [0.2, 0.25) is 0 Å². The molecule has 160 valence electrons. The normalized spacial score (nSPS) is 11.2. The Morgan fingerprint density at radius 1 is 0.800 bits per heavy atom. The number of benzene rings is 1. The minimum Gasteiger partial charge on any atom is -0.325 e. The van der Waals surface area contributed by atoms with Gasteiger partial charge in [-0.25, -0.2) is 0 Å². The van der Waals surface area contributed by atoms with Gasteiger partial charge in [0.25, 0.3) is 0 Å². The maximum absolute atomic E-state index is 12.5. The smallest absolute Gasteiger partial charge is 0.224 e. The quantitative estimate of drug-likeness (QED) is 0.238. The summed E-state index contributed by atoms with van der Waals surface area (Å²) >= 11 is 0. The van der Waals surface area contributed by atoms with E-state index in [1.165, 1.54) is 57.8 Å². The molecule has 2 heterocycles. The first-order valence-corrected chi connectivity index (χ1v) is 11.7. The highest BCUT2D eigenvalue weighted by molar-refractivity contribution is 6.11. The van der Waals surface area contributed by atoms with Crippen molar-refractivity contribution in [1.29, 1.82) is 0 Å². The summed E-state index contributed by atoms with van der Waals surface area (Å²) in [5.41, 5.74) is 2.53. The fourth-order valence-corrected chi connectivity index (χ4v) is 4.04. The number of hydrogen-bond donors (Lipinski definition) is 1. The second-order valence-electron chi connectivity index (χ2n) is 8.23. The molecule has 1 aromatic carbocycles. The van der Waals surface area contributed by atoms with E-state index in [2.05, 4.69) is 22.2 Å². The van der Waals surface area contributed by atoms with Crippen molar-refractivity contribution >= 4 is 33.4 Å². The molecular weight excluding hydrogens is 370 g/mol. The van der Waals surface area contributed by atoms with Crippen LogP contribution in [0.1, 0.15) is 84.0 Å². The van der Waals surface area contributed by atoms with Gasteiger partial charge in [0.15, 0.2) is 0 Å². The lowest BCUT2D eigenvalue weighted by Gasteiger charge is -2.11. The molecule has 1 N–H and O–H groups in total. The van der Waals surface area contributed by atoms with Gasteiger partial charge in [-0.15, -0.1) is 0 Å². The minimum atomic E-state index is 0.0827. The summed E-state index contributed by atoms with van der Waals surface area (Å²) in [6, 6.07) is 9.82. The van der Waals surface area contributed by atoms with Crippen LogP contribution in [0.5, 0.6) is 0 Å². The highest BCUT2D eigenvalue weighted by Crippen LogP contribution is 2.29. The lowest BCUT2D eigenvalue weighted by Crippen LogP contribution is -2.11. The monoisotopic (exact) mass is 405 g/mol. The van der Waals surface area contributed by atoms with Crippen LogP contribution < -0.4 is 5.32 Å². The SMILES string of the molecule is CCCCCCCCCCCCCC(=O)Nc1cc2cccnc2c2ncccc12. The van der Waals surface area contributed by atoms with Gasteiger partial charge in [-0.3, -0.25) is 14.8 Å². The summed E-state index contributed by atoms with van der Waals surface area (Å²) in [5, 5.41) is 5.04. The topological polar surface area (TPSA) is 54.9 Å². The Morgan fingerprint density at radius 3 is 2.10 bits per heavy atom. The zero-order valence-electron chi connectivity index (χ0n) is 18.3.